The third-order valence-corrected chi connectivity index (χ3v) is 9.68. The van der Waals surface area contributed by atoms with E-state index in [9.17, 15) is 14.4 Å². The third-order valence-electron chi connectivity index (χ3n) is 9.68. The molecular formula is C43H43N3O6. The molecule has 1 atom stereocenters. The number of hydrogen-bond acceptors (Lipinski definition) is 7. The van der Waals surface area contributed by atoms with E-state index in [2.05, 4.69) is 94.3 Å². The second-order valence-electron chi connectivity index (χ2n) is 13.3. The van der Waals surface area contributed by atoms with Gasteiger partial charge < -0.3 is 19.5 Å². The minimum Gasteiger partial charge on any atom is -0.490 e. The lowest BCUT2D eigenvalue weighted by Crippen LogP contribution is -2.29. The summed E-state index contributed by atoms with van der Waals surface area (Å²) < 4.78 is 17.9. The number of aryl methyl sites for hydroxylation is 1. The number of fused-ring (bicyclic) bond motifs is 6. The van der Waals surface area contributed by atoms with E-state index in [1.165, 1.54) is 54.9 Å². The van der Waals surface area contributed by atoms with E-state index >= 15 is 0 Å². The predicted molar refractivity (Wildman–Crippen MR) is 203 cm³/mol. The zero-order chi connectivity index (χ0) is 35.9. The number of alkyl carbamates (subject to hydrolysis) is 1. The highest BCUT2D eigenvalue weighted by atomic mass is 16.6. The maximum absolute atomic E-state index is 12.2. The highest BCUT2D eigenvalue weighted by Gasteiger charge is 2.32. The average Bonchev–Trinajstić information content (AvgIpc) is 3.74. The summed E-state index contributed by atoms with van der Waals surface area (Å²) in [5, 5.41) is 6.96. The Morgan fingerprint density at radius 1 is 0.788 bits per heavy atom. The van der Waals surface area contributed by atoms with Gasteiger partial charge in [-0.05, 0) is 59.9 Å². The number of cyclic esters (lactones) is 2. The summed E-state index contributed by atoms with van der Waals surface area (Å²) in [6, 6.07) is 32.9. The minimum absolute atomic E-state index is 0.0260. The van der Waals surface area contributed by atoms with Gasteiger partial charge in [0.05, 0.1) is 11.0 Å². The number of hydrogen-bond donors (Lipinski definition) is 1. The summed E-state index contributed by atoms with van der Waals surface area (Å²) in [6.45, 7) is 2.46. The number of carbonyl (C=O) groups is 3. The van der Waals surface area contributed by atoms with E-state index in [4.69, 9.17) is 14.5 Å². The number of nitrogens with one attached hydrogen (secondary N) is 1. The fraction of sp³-hybridized carbons (Fsp3) is 0.302. The molecule has 9 heteroatoms. The van der Waals surface area contributed by atoms with Crippen LogP contribution in [0.15, 0.2) is 97.1 Å². The topological polar surface area (TPSA) is 109 Å². The van der Waals surface area contributed by atoms with Crippen LogP contribution in [0.4, 0.5) is 4.79 Å². The number of esters is 2. The molecule has 0 spiro atoms. The maximum atomic E-state index is 12.2. The lowest BCUT2D eigenvalue weighted by Gasteiger charge is -2.14. The largest absolute Gasteiger partial charge is 0.490 e. The molecule has 6 aromatic rings. The van der Waals surface area contributed by atoms with Crippen molar-refractivity contribution in [1.82, 2.24) is 14.9 Å². The summed E-state index contributed by atoms with van der Waals surface area (Å²) >= 11 is 0. The molecule has 1 aliphatic heterocycles. The number of imidazole rings is 1. The van der Waals surface area contributed by atoms with Crippen LogP contribution in [-0.2, 0) is 25.5 Å². The molecule has 0 saturated carbocycles. The number of nitrogens with zero attached hydrogens (tertiary/aromatic N) is 2. The normalized spacial score (nSPS) is 14.2. The Morgan fingerprint density at radius 3 is 2.17 bits per heavy atom. The lowest BCUT2D eigenvalue weighted by molar-refractivity contribution is -0.144. The SMILES string of the molecule is CCCCCCCCc1ccc(-c2nc3c4ccccc4c4ccccc4c3n2-c2ccc(OCCOC(=O)CCC3NC(=O)OC3=O)cc2)cc1. The molecule has 1 fully saturated rings. The molecular weight excluding hydrogens is 654 g/mol. The fourth-order valence-electron chi connectivity index (χ4n) is 7.00. The Labute approximate surface area is 302 Å². The molecule has 1 saturated heterocycles. The van der Waals surface area contributed by atoms with Gasteiger partial charge in [-0.2, -0.15) is 0 Å². The Kier molecular flexibility index (Phi) is 10.8. The Hall–Kier alpha value is -5.70. The van der Waals surface area contributed by atoms with Crippen molar-refractivity contribution in [1.29, 1.82) is 0 Å². The van der Waals surface area contributed by atoms with Gasteiger partial charge in [0.2, 0.25) is 0 Å². The van der Waals surface area contributed by atoms with Crippen molar-refractivity contribution in [2.45, 2.75) is 70.8 Å². The first-order chi connectivity index (χ1) is 25.5. The molecule has 7 rings (SSSR count). The van der Waals surface area contributed by atoms with Gasteiger partial charge in [-0.1, -0.05) is 112 Å². The van der Waals surface area contributed by atoms with Gasteiger partial charge in [0, 0.05) is 28.4 Å². The van der Waals surface area contributed by atoms with Crippen molar-refractivity contribution in [3.8, 4) is 22.8 Å². The molecule has 1 aromatic heterocycles. The van der Waals surface area contributed by atoms with E-state index in [0.29, 0.717) is 5.75 Å². The molecule has 0 aliphatic carbocycles. The molecule has 52 heavy (non-hydrogen) atoms. The highest BCUT2D eigenvalue weighted by molar-refractivity contribution is 6.24. The van der Waals surface area contributed by atoms with Crippen molar-refractivity contribution in [2.75, 3.05) is 13.2 Å². The van der Waals surface area contributed by atoms with Crippen LogP contribution >= 0.6 is 0 Å². The number of rotatable bonds is 16. The van der Waals surface area contributed by atoms with Gasteiger partial charge in [-0.15, -0.1) is 0 Å². The molecule has 266 valence electrons. The van der Waals surface area contributed by atoms with E-state index in [0.717, 1.165) is 45.3 Å². The van der Waals surface area contributed by atoms with E-state index < -0.39 is 24.1 Å². The summed E-state index contributed by atoms with van der Waals surface area (Å²) in [6.07, 6.45) is 8.06. The second kappa shape index (κ2) is 16.1. The molecule has 0 bridgehead atoms. The lowest BCUT2D eigenvalue weighted by atomic mass is 10.00. The number of aromatic nitrogens is 2. The third kappa shape index (κ3) is 7.64. The van der Waals surface area contributed by atoms with Crippen molar-refractivity contribution < 1.29 is 28.6 Å². The zero-order valence-corrected chi connectivity index (χ0v) is 29.4. The van der Waals surface area contributed by atoms with Crippen LogP contribution in [0.2, 0.25) is 0 Å². The van der Waals surface area contributed by atoms with E-state index in [1.807, 2.05) is 24.3 Å². The van der Waals surface area contributed by atoms with E-state index in [-0.39, 0.29) is 26.1 Å². The molecule has 1 aliphatic rings. The Morgan fingerprint density at radius 2 is 1.46 bits per heavy atom. The van der Waals surface area contributed by atoms with Crippen molar-refractivity contribution in [3.63, 3.8) is 0 Å². The number of benzene rings is 5. The predicted octanol–water partition coefficient (Wildman–Crippen LogP) is 9.24. The van der Waals surface area contributed by atoms with E-state index in [1.54, 1.807) is 0 Å². The van der Waals surface area contributed by atoms with Gasteiger partial charge in [0.15, 0.2) is 0 Å². The summed E-state index contributed by atoms with van der Waals surface area (Å²) in [5.74, 6) is 0.339. The Balaban J connectivity index is 1.12. The molecule has 0 radical (unpaired) electrons. The zero-order valence-electron chi connectivity index (χ0n) is 29.4. The van der Waals surface area contributed by atoms with Crippen LogP contribution in [0.5, 0.6) is 5.75 Å². The quantitative estimate of drug-likeness (QED) is 0.0465. The molecule has 1 amide bonds. The van der Waals surface area contributed by atoms with Gasteiger partial charge in [0.1, 0.15) is 30.8 Å². The van der Waals surface area contributed by atoms with Gasteiger partial charge >= 0.3 is 18.0 Å². The first-order valence-corrected chi connectivity index (χ1v) is 18.3. The van der Waals surface area contributed by atoms with Crippen LogP contribution in [0.1, 0.15) is 63.9 Å². The standard InChI is InChI=1S/C43H43N3O6/c1-2-3-4-5-6-7-12-29-17-19-30(20-18-29)41-45-39-35-15-10-8-13-33(35)34-14-9-11-16-36(34)40(39)46(41)31-21-23-32(24-22-31)50-27-28-51-38(47)26-25-37-42(48)52-43(49)44-37/h8-11,13-24,37H,2-7,12,25-28H2,1H3,(H,44,49). The van der Waals surface area contributed by atoms with Crippen molar-refractivity contribution >= 4 is 50.6 Å². The van der Waals surface area contributed by atoms with Crippen LogP contribution in [-0.4, -0.2) is 46.8 Å². The number of unbranched alkanes of at least 4 members (excludes halogenated alkanes) is 5. The van der Waals surface area contributed by atoms with Crippen LogP contribution in [0, 0.1) is 0 Å². The number of ether oxygens (including phenoxy) is 3. The minimum atomic E-state index is -0.825. The first kappa shape index (κ1) is 34.7. The smallest absolute Gasteiger partial charge is 0.415 e. The van der Waals surface area contributed by atoms with Gasteiger partial charge in [-0.25, -0.2) is 14.6 Å². The first-order valence-electron chi connectivity index (χ1n) is 18.3. The summed E-state index contributed by atoms with van der Waals surface area (Å²) in [4.78, 5) is 40.3. The average molecular weight is 698 g/mol. The second-order valence-corrected chi connectivity index (χ2v) is 13.3. The molecule has 9 nitrogen and oxygen atoms in total. The van der Waals surface area contributed by atoms with Crippen molar-refractivity contribution in [2.24, 2.45) is 0 Å². The number of amides is 1. The fourth-order valence-corrected chi connectivity index (χ4v) is 7.00. The van der Waals surface area contributed by atoms with Crippen LogP contribution < -0.4 is 10.1 Å². The Bertz CT molecular complexity index is 2210. The van der Waals surface area contributed by atoms with Crippen LogP contribution in [0.3, 0.4) is 0 Å². The van der Waals surface area contributed by atoms with Crippen molar-refractivity contribution in [3.05, 3.63) is 103 Å². The monoisotopic (exact) mass is 697 g/mol. The van der Waals surface area contributed by atoms with Gasteiger partial charge in [-0.3, -0.25) is 9.36 Å². The molecule has 2 heterocycles. The summed E-state index contributed by atoms with van der Waals surface area (Å²) in [5.41, 5.74) is 5.34. The maximum Gasteiger partial charge on any atom is 0.415 e. The molecule has 5 aromatic carbocycles. The van der Waals surface area contributed by atoms with Gasteiger partial charge in [0.25, 0.3) is 0 Å². The molecule has 1 N–H and O–H groups in total. The summed E-state index contributed by atoms with van der Waals surface area (Å²) in [7, 11) is 0. The highest BCUT2D eigenvalue weighted by Crippen LogP contribution is 2.39. The number of carbonyl (C=O) groups excluding carboxylic acids is 3. The molecule has 1 unspecified atom stereocenters. The van der Waals surface area contributed by atoms with Crippen LogP contribution in [0.25, 0.3) is 49.7 Å².